The average molecular weight is 1660 g/mol. The summed E-state index contributed by atoms with van der Waals surface area (Å²) in [5, 5.41) is 0. The van der Waals surface area contributed by atoms with Crippen LogP contribution in [-0.2, 0) is 36.3 Å². The number of benzene rings is 4. The van der Waals surface area contributed by atoms with E-state index in [9.17, 15) is 17.2 Å². The van der Waals surface area contributed by atoms with Gasteiger partial charge in [0.2, 0.25) is 0 Å². The van der Waals surface area contributed by atoms with E-state index in [2.05, 4.69) is 377 Å². The van der Waals surface area contributed by atoms with Crippen LogP contribution in [0, 0.1) is 79.1 Å². The van der Waals surface area contributed by atoms with Crippen LogP contribution in [0.2, 0.25) is 24.3 Å². The molecule has 2 heterocycles. The number of fused-ring (bicyclic) bond motifs is 8. The third-order valence-corrected chi connectivity index (χ3v) is 145. The van der Waals surface area contributed by atoms with E-state index < -0.39 is 43.4 Å². The molecule has 0 saturated carbocycles. The van der Waals surface area contributed by atoms with Crippen molar-refractivity contribution in [2.24, 2.45) is 23.7 Å². The fourth-order valence-electron chi connectivity index (χ4n) is 28.5. The third kappa shape index (κ3) is 9.40. The molecule has 2 fully saturated rings. The molecule has 8 aliphatic carbocycles. The molecule has 107 heavy (non-hydrogen) atoms. The van der Waals surface area contributed by atoms with Crippen LogP contribution in [0.1, 0.15) is 251 Å². The molecule has 4 aromatic rings. The van der Waals surface area contributed by atoms with Gasteiger partial charge in [-0.05, 0) is 0 Å². The summed E-state index contributed by atoms with van der Waals surface area (Å²) in [5.41, 5.74) is 39.4. The number of hydrogen-bond acceptors (Lipinski definition) is 0. The Balaban J connectivity index is 1.26. The van der Waals surface area contributed by atoms with Crippen molar-refractivity contribution in [3.8, 4) is 0 Å². The second-order valence-corrected chi connectivity index (χ2v) is 95.1. The normalized spacial score (nSPS) is 29.9. The zero-order chi connectivity index (χ0) is 78.1. The zero-order valence-electron chi connectivity index (χ0n) is 71.2. The van der Waals surface area contributed by atoms with Crippen LogP contribution in [0.5, 0.6) is 0 Å². The molecule has 0 bridgehead atoms. The Morgan fingerprint density at radius 1 is 0.299 bits per heavy atom. The van der Waals surface area contributed by atoms with E-state index in [1.807, 2.05) is 0 Å². The Bertz CT molecular complexity index is 4410. The van der Waals surface area contributed by atoms with Crippen LogP contribution in [0.4, 0.5) is 0 Å². The molecule has 2 saturated heterocycles. The summed E-state index contributed by atoms with van der Waals surface area (Å²) in [4.78, 5) is 0. The Morgan fingerprint density at radius 2 is 0.467 bits per heavy atom. The predicted octanol–water partition coefficient (Wildman–Crippen LogP) is 28.9. The summed E-state index contributed by atoms with van der Waals surface area (Å²) in [7, 11) is 19.0. The molecule has 5 spiro atoms. The summed E-state index contributed by atoms with van der Waals surface area (Å²) in [5.74, 6) is 0.0882. The third-order valence-electron chi connectivity index (χ3n) is 29.4. The molecule has 14 rings (SSSR count). The molecule has 0 nitrogen and oxygen atoms in total. The van der Waals surface area contributed by atoms with Crippen molar-refractivity contribution in [3.63, 3.8) is 0 Å². The van der Waals surface area contributed by atoms with E-state index in [4.69, 9.17) is 0 Å². The fraction of sp³-hybridized carbons (Fsp3) is 0.451. The quantitative estimate of drug-likeness (QED) is 0.154. The second kappa shape index (κ2) is 25.1. The number of allylic oxidation sites excluding steroid dienone is 32. The zero-order valence-corrected chi connectivity index (χ0v) is 78.6. The molecular weight excluding hydrogens is 1530 g/mol. The summed E-state index contributed by atoms with van der Waals surface area (Å²) in [6, 6.07) is 20.6. The molecule has 4 aromatic carbocycles. The number of hydrogen-bond donors (Lipinski definition) is 0. The summed E-state index contributed by atoms with van der Waals surface area (Å²) >= 11 is -8.31. The molecule has 0 N–H and O–H groups in total. The Hall–Kier alpha value is -5.40. The summed E-state index contributed by atoms with van der Waals surface area (Å²) in [6.45, 7) is 73.9. The van der Waals surface area contributed by atoms with Gasteiger partial charge in [-0.3, -0.25) is 0 Å². The van der Waals surface area contributed by atoms with Crippen LogP contribution >= 0.6 is 17.2 Å². The average Bonchev–Trinajstić information content (AvgIpc) is 1.51. The van der Waals surface area contributed by atoms with Gasteiger partial charge in [0.1, 0.15) is 0 Å². The molecule has 0 radical (unpaired) electrons. The Morgan fingerprint density at radius 3 is 0.617 bits per heavy atom. The first-order valence-electron chi connectivity index (χ1n) is 41.2. The Labute approximate surface area is 656 Å². The van der Waals surface area contributed by atoms with Crippen LogP contribution in [0.25, 0.3) is 0 Å². The summed E-state index contributed by atoms with van der Waals surface area (Å²) in [6.07, 6.45) is 51.8. The van der Waals surface area contributed by atoms with Gasteiger partial charge in [0.15, 0.2) is 0 Å². The van der Waals surface area contributed by atoms with Crippen LogP contribution in [0.15, 0.2) is 237 Å². The van der Waals surface area contributed by atoms with E-state index >= 15 is 0 Å². The van der Waals surface area contributed by atoms with E-state index in [0.717, 1.165) is 0 Å². The van der Waals surface area contributed by atoms with Gasteiger partial charge in [-0.15, -0.1) is 0 Å². The molecule has 8 unspecified atom stereocenters. The maximum atomic E-state index is 12.3. The molecule has 0 aromatic heterocycles. The van der Waals surface area contributed by atoms with E-state index in [-0.39, 0.29) is 69.0 Å². The first-order chi connectivity index (χ1) is 49.7. The van der Waals surface area contributed by atoms with Gasteiger partial charge in [0, 0.05) is 0 Å². The second-order valence-electron chi connectivity index (χ2n) is 40.8. The standard InChI is InChI=1S/2C51H64Si.2ClH.Hf/c2*1-30(2)42-28-44-38(36-24-32(5)46(33(6)25-36)50(9,10)11)20-16-18-22-40(44)48(42)52(15)49-41-23-19-17-21-39(45(41)29-43(49)31(3)4)37-26-34(7)47(35(8)27-37)51(12,13)14;;;/h2*16-31,38-39,52H,1-15H3;2*1H;/q;;;;+2/p-2. The molecule has 5 heteroatoms. The molecular formula is C102H128Cl2HfSi2. The van der Waals surface area contributed by atoms with Crippen LogP contribution in [0.3, 0.4) is 0 Å². The maximum absolute atomic E-state index is 12.3. The van der Waals surface area contributed by atoms with Gasteiger partial charge in [-0.1, -0.05) is 0 Å². The minimum atomic E-state index is -8.31. The van der Waals surface area contributed by atoms with Crippen LogP contribution in [-0.4, -0.2) is 17.6 Å². The predicted molar refractivity (Wildman–Crippen MR) is 471 cm³/mol. The van der Waals surface area contributed by atoms with E-state index in [0.29, 0.717) is 0 Å². The monoisotopic (exact) mass is 1660 g/mol. The first kappa shape index (κ1) is 78.3. The van der Waals surface area contributed by atoms with Crippen molar-refractivity contribution in [3.05, 3.63) is 326 Å². The van der Waals surface area contributed by atoms with Gasteiger partial charge in [-0.25, -0.2) is 0 Å². The minimum absolute atomic E-state index is 0.0212. The molecule has 2 aliphatic heterocycles. The molecule has 0 amide bonds. The van der Waals surface area contributed by atoms with Crippen LogP contribution < -0.4 is 0 Å². The van der Waals surface area contributed by atoms with E-state index in [1.165, 1.54) is 156 Å². The number of halogens is 2. The fourth-order valence-corrected chi connectivity index (χ4v) is 199. The number of rotatable bonds is 8. The van der Waals surface area contributed by atoms with Crippen molar-refractivity contribution in [2.75, 3.05) is 0 Å². The molecule has 562 valence electrons. The van der Waals surface area contributed by atoms with Gasteiger partial charge in [-0.2, -0.15) is 0 Å². The summed E-state index contributed by atoms with van der Waals surface area (Å²) < 4.78 is -3.11. The van der Waals surface area contributed by atoms with Crippen molar-refractivity contribution in [1.82, 2.24) is 0 Å². The first-order valence-corrected chi connectivity index (χ1v) is 61.9. The topological polar surface area (TPSA) is 0 Å². The Kier molecular flexibility index (Phi) is 18.3. The van der Waals surface area contributed by atoms with E-state index in [1.54, 1.807) is 0 Å². The van der Waals surface area contributed by atoms with Crippen molar-refractivity contribution in [2.45, 2.75) is 263 Å². The van der Waals surface area contributed by atoms with Crippen molar-refractivity contribution < 1.29 is 14.7 Å². The molecule has 10 aliphatic rings. The van der Waals surface area contributed by atoms with Crippen molar-refractivity contribution in [1.29, 1.82) is 0 Å². The van der Waals surface area contributed by atoms with Gasteiger partial charge in [0.25, 0.3) is 0 Å². The van der Waals surface area contributed by atoms with Crippen molar-refractivity contribution >= 4 is 34.7 Å². The van der Waals surface area contributed by atoms with Gasteiger partial charge < -0.3 is 0 Å². The van der Waals surface area contributed by atoms with Gasteiger partial charge >= 0.3 is 662 Å². The van der Waals surface area contributed by atoms with Gasteiger partial charge in [0.05, 0.1) is 0 Å². The molecule has 8 atom stereocenters. The number of aryl methyl sites for hydroxylation is 8. The SMILES string of the molecule is Cc1cc(C2C=CC=CC3=C2C=C(C(C)C)[C]32[SiH](C)[C]3(C(C(C)C)=CC4=C3C=CC=CC4c3cc(C)c(C(C)(C)C)c(C)c3)[Hf]23([Cl])([Cl])[C]2(C(C(C)C)=CC4=C2C=CC=CC4c2cc(C)c(C(C)(C)C)c(C)c2)[SiH](C)[C]32C(C(C)C)=CC3=C2C=CC=CC3c2cc(C)c(C(C)(C)C)c(C)c2)cc(C)c1C(C)(C)C.